The lowest BCUT2D eigenvalue weighted by Crippen LogP contribution is -2.16. The Bertz CT molecular complexity index is 911. The lowest BCUT2D eigenvalue weighted by Gasteiger charge is -2.10. The van der Waals surface area contributed by atoms with E-state index in [1.165, 1.54) is 4.70 Å². The molecule has 6 heteroatoms. The van der Waals surface area contributed by atoms with Crippen LogP contribution in [0.5, 0.6) is 5.75 Å². The Morgan fingerprint density at radius 3 is 2.74 bits per heavy atom. The minimum atomic E-state index is 0.416. The van der Waals surface area contributed by atoms with Crippen molar-refractivity contribution in [2.75, 3.05) is 11.9 Å². The van der Waals surface area contributed by atoms with Gasteiger partial charge in [0.1, 0.15) is 5.75 Å². The van der Waals surface area contributed by atoms with Crippen LogP contribution in [0.4, 0.5) is 5.69 Å². The van der Waals surface area contributed by atoms with Crippen LogP contribution in [0.2, 0.25) is 0 Å². The van der Waals surface area contributed by atoms with E-state index >= 15 is 0 Å². The van der Waals surface area contributed by atoms with E-state index in [9.17, 15) is 0 Å². The Labute approximate surface area is 144 Å². The molecule has 0 fully saturated rings. The second kappa shape index (κ2) is 6.93. The summed E-state index contributed by atoms with van der Waals surface area (Å²) in [5.74, 6) is 0.772. The third kappa shape index (κ3) is 3.43. The zero-order valence-corrected chi connectivity index (χ0v) is 14.6. The lowest BCUT2D eigenvalue weighted by atomic mass is 10.3. The number of thiocarbonyl (C=S) groups is 1. The van der Waals surface area contributed by atoms with Crippen LogP contribution < -0.4 is 14.9 Å². The van der Waals surface area contributed by atoms with Gasteiger partial charge in [-0.1, -0.05) is 35.6 Å². The quantitative estimate of drug-likeness (QED) is 0.732. The highest BCUT2D eigenvalue weighted by atomic mass is 32.1. The number of hydrogen-bond acceptors (Lipinski definition) is 3. The Morgan fingerprint density at radius 2 is 1.96 bits per heavy atom. The molecule has 23 heavy (non-hydrogen) atoms. The summed E-state index contributed by atoms with van der Waals surface area (Å²) in [7, 11) is 1.99. The molecule has 1 N–H and O–H groups in total. The van der Waals surface area contributed by atoms with Crippen LogP contribution in [0.25, 0.3) is 10.2 Å². The van der Waals surface area contributed by atoms with E-state index in [4.69, 9.17) is 17.0 Å². The summed E-state index contributed by atoms with van der Waals surface area (Å²) < 4.78 is 8.82. The van der Waals surface area contributed by atoms with E-state index < -0.39 is 0 Å². The highest BCUT2D eigenvalue weighted by Gasteiger charge is 2.05. The fraction of sp³-hybridized carbons (Fsp3) is 0.176. The van der Waals surface area contributed by atoms with Gasteiger partial charge >= 0.3 is 0 Å². The third-order valence-electron chi connectivity index (χ3n) is 3.34. The first-order chi connectivity index (χ1) is 11.2. The number of benzene rings is 2. The van der Waals surface area contributed by atoms with Gasteiger partial charge in [0.15, 0.2) is 9.91 Å². The minimum Gasteiger partial charge on any atom is -0.492 e. The van der Waals surface area contributed by atoms with Crippen LogP contribution in [-0.4, -0.2) is 16.3 Å². The predicted molar refractivity (Wildman–Crippen MR) is 100 cm³/mol. The maximum absolute atomic E-state index is 5.59. The van der Waals surface area contributed by atoms with Gasteiger partial charge in [0.05, 0.1) is 22.5 Å². The first-order valence-corrected chi connectivity index (χ1v) is 8.53. The smallest absolute Gasteiger partial charge is 0.200 e. The SMILES string of the molecule is CCOc1ccccc1NC(=S)N=c1sc2ccccc2n1C. The molecule has 1 heterocycles. The summed E-state index contributed by atoms with van der Waals surface area (Å²) in [6, 6.07) is 15.9. The van der Waals surface area contributed by atoms with Gasteiger partial charge in [0, 0.05) is 7.05 Å². The molecule has 4 nitrogen and oxygen atoms in total. The molecule has 0 saturated heterocycles. The molecule has 3 aromatic rings. The van der Waals surface area contributed by atoms with Crippen LogP contribution >= 0.6 is 23.6 Å². The molecule has 0 aliphatic heterocycles. The topological polar surface area (TPSA) is 38.5 Å². The van der Waals surface area contributed by atoms with Gasteiger partial charge in [-0.15, -0.1) is 0 Å². The summed E-state index contributed by atoms with van der Waals surface area (Å²) in [4.78, 5) is 5.40. The van der Waals surface area contributed by atoms with E-state index in [1.807, 2.05) is 54.9 Å². The normalized spacial score (nSPS) is 11.7. The van der Waals surface area contributed by atoms with Gasteiger partial charge < -0.3 is 14.6 Å². The maximum atomic E-state index is 5.59. The summed E-state index contributed by atoms with van der Waals surface area (Å²) in [6.45, 7) is 2.56. The zero-order chi connectivity index (χ0) is 16.2. The van der Waals surface area contributed by atoms with Gasteiger partial charge in [0.25, 0.3) is 0 Å². The van der Waals surface area contributed by atoms with Crippen molar-refractivity contribution in [2.24, 2.45) is 12.0 Å². The second-order valence-corrected chi connectivity index (χ2v) is 6.28. The number of hydrogen-bond donors (Lipinski definition) is 1. The molecule has 0 radical (unpaired) electrons. The molecule has 1 aromatic heterocycles. The molecule has 0 aliphatic carbocycles. The lowest BCUT2D eigenvalue weighted by molar-refractivity contribution is 0.342. The number of aryl methyl sites for hydroxylation is 1. The molecule has 0 unspecified atom stereocenters. The number of aromatic nitrogens is 1. The van der Waals surface area contributed by atoms with Crippen LogP contribution in [-0.2, 0) is 7.05 Å². The largest absolute Gasteiger partial charge is 0.492 e. The number of rotatable bonds is 3. The van der Waals surface area contributed by atoms with Gasteiger partial charge in [-0.2, -0.15) is 4.99 Å². The van der Waals surface area contributed by atoms with Crippen molar-refractivity contribution in [1.29, 1.82) is 0 Å². The number of anilines is 1. The highest BCUT2D eigenvalue weighted by molar-refractivity contribution is 7.80. The predicted octanol–water partition coefficient (Wildman–Crippen LogP) is 3.94. The van der Waals surface area contributed by atoms with Crippen LogP contribution in [0.3, 0.4) is 0 Å². The Morgan fingerprint density at radius 1 is 1.22 bits per heavy atom. The minimum absolute atomic E-state index is 0.416. The van der Waals surface area contributed by atoms with Crippen molar-refractivity contribution in [3.63, 3.8) is 0 Å². The monoisotopic (exact) mass is 343 g/mol. The molecule has 0 spiro atoms. The van der Waals surface area contributed by atoms with Crippen molar-refractivity contribution in [3.8, 4) is 5.75 Å². The maximum Gasteiger partial charge on any atom is 0.200 e. The van der Waals surface area contributed by atoms with Crippen molar-refractivity contribution >= 4 is 44.6 Å². The summed E-state index contributed by atoms with van der Waals surface area (Å²) in [5, 5.41) is 3.56. The molecular formula is C17H17N3OS2. The number of nitrogens with one attached hydrogen (secondary N) is 1. The van der Waals surface area contributed by atoms with Crippen LogP contribution in [0.1, 0.15) is 6.92 Å². The Balaban J connectivity index is 1.90. The van der Waals surface area contributed by atoms with Crippen molar-refractivity contribution in [2.45, 2.75) is 6.92 Å². The second-order valence-electron chi connectivity index (χ2n) is 4.88. The summed E-state index contributed by atoms with van der Waals surface area (Å²) in [6.07, 6.45) is 0. The molecule has 118 valence electrons. The first kappa shape index (κ1) is 15.7. The Kier molecular flexibility index (Phi) is 4.73. The fourth-order valence-corrected chi connectivity index (χ4v) is 3.55. The van der Waals surface area contributed by atoms with Gasteiger partial charge in [-0.05, 0) is 43.4 Å². The number of nitrogens with zero attached hydrogens (tertiary/aromatic N) is 2. The fourth-order valence-electron chi connectivity index (χ4n) is 2.27. The molecule has 0 bridgehead atoms. The van der Waals surface area contributed by atoms with Gasteiger partial charge in [-0.3, -0.25) is 0 Å². The molecule has 0 atom stereocenters. The van der Waals surface area contributed by atoms with E-state index in [2.05, 4.69) is 22.4 Å². The molecule has 0 saturated carbocycles. The van der Waals surface area contributed by atoms with Gasteiger partial charge in [-0.25, -0.2) is 0 Å². The van der Waals surface area contributed by atoms with Crippen molar-refractivity contribution in [3.05, 3.63) is 53.3 Å². The summed E-state index contributed by atoms with van der Waals surface area (Å²) >= 11 is 7.00. The average Bonchev–Trinajstić information content (AvgIpc) is 2.86. The van der Waals surface area contributed by atoms with Crippen LogP contribution in [0, 0.1) is 0 Å². The third-order valence-corrected chi connectivity index (χ3v) is 4.65. The number of fused-ring (bicyclic) bond motifs is 1. The Hall–Kier alpha value is -2.18. The van der Waals surface area contributed by atoms with E-state index in [0.29, 0.717) is 11.7 Å². The van der Waals surface area contributed by atoms with E-state index in [1.54, 1.807) is 11.3 Å². The molecule has 3 rings (SSSR count). The molecule has 2 aromatic carbocycles. The van der Waals surface area contributed by atoms with Crippen molar-refractivity contribution in [1.82, 2.24) is 4.57 Å². The number of ether oxygens (including phenoxy) is 1. The van der Waals surface area contributed by atoms with E-state index in [-0.39, 0.29) is 0 Å². The first-order valence-electron chi connectivity index (χ1n) is 7.31. The standard InChI is InChI=1S/C17H17N3OS2/c1-3-21-14-10-6-4-8-12(14)18-16(22)19-17-20(2)13-9-5-7-11-15(13)23-17/h4-11H,3H2,1-2H3,(H,18,22). The average molecular weight is 343 g/mol. The van der Waals surface area contributed by atoms with Crippen LogP contribution in [0.15, 0.2) is 53.5 Å². The number of thiazole rings is 1. The molecule has 0 aliphatic rings. The zero-order valence-electron chi connectivity index (χ0n) is 12.9. The van der Waals surface area contributed by atoms with Gasteiger partial charge in [0.2, 0.25) is 0 Å². The van der Waals surface area contributed by atoms with E-state index in [0.717, 1.165) is 21.8 Å². The number of para-hydroxylation sites is 3. The molecular weight excluding hydrogens is 326 g/mol. The molecule has 0 amide bonds. The van der Waals surface area contributed by atoms with Crippen molar-refractivity contribution < 1.29 is 4.74 Å². The highest BCUT2D eigenvalue weighted by Crippen LogP contribution is 2.23. The summed E-state index contributed by atoms with van der Waals surface area (Å²) in [5.41, 5.74) is 1.97.